The van der Waals surface area contributed by atoms with E-state index in [0.717, 1.165) is 19.4 Å². The van der Waals surface area contributed by atoms with E-state index in [1.165, 1.54) is 25.7 Å². The molecule has 20 heavy (non-hydrogen) atoms. The number of hydrogen-bond acceptors (Lipinski definition) is 2. The van der Waals surface area contributed by atoms with Crippen LogP contribution in [0.4, 0.5) is 4.79 Å². The van der Waals surface area contributed by atoms with Crippen LogP contribution >= 0.6 is 0 Å². The van der Waals surface area contributed by atoms with Gasteiger partial charge in [-0.15, -0.1) is 0 Å². The number of rotatable bonds is 3. The maximum atomic E-state index is 12.5. The van der Waals surface area contributed by atoms with Crippen LogP contribution in [-0.4, -0.2) is 53.1 Å². The Morgan fingerprint density at radius 2 is 1.85 bits per heavy atom. The lowest BCUT2D eigenvalue weighted by atomic mass is 9.91. The number of urea groups is 1. The van der Waals surface area contributed by atoms with Crippen LogP contribution in [0.25, 0.3) is 0 Å². The van der Waals surface area contributed by atoms with E-state index in [1.54, 1.807) is 16.8 Å². The molecule has 2 unspecified atom stereocenters. The number of likely N-dealkylation sites (tertiary alicyclic amines) is 1. The van der Waals surface area contributed by atoms with Crippen LogP contribution in [-0.2, 0) is 4.79 Å². The number of carboxylic acids is 1. The lowest BCUT2D eigenvalue weighted by Crippen LogP contribution is -2.55. The first kappa shape index (κ1) is 15.1. The SMILES string of the molecule is CC1CCCN(C(=O)N(C)CC2CCCC2)C1C(=O)O. The van der Waals surface area contributed by atoms with Gasteiger partial charge in [-0.2, -0.15) is 0 Å². The lowest BCUT2D eigenvalue weighted by molar-refractivity contribution is -0.145. The van der Waals surface area contributed by atoms with Crippen LogP contribution in [0.1, 0.15) is 45.4 Å². The summed E-state index contributed by atoms with van der Waals surface area (Å²) in [4.78, 5) is 27.3. The second kappa shape index (κ2) is 6.46. The van der Waals surface area contributed by atoms with Crippen LogP contribution in [0.2, 0.25) is 0 Å². The van der Waals surface area contributed by atoms with Crippen molar-refractivity contribution in [3.63, 3.8) is 0 Å². The predicted octanol–water partition coefficient (Wildman–Crippen LogP) is 2.41. The van der Waals surface area contributed by atoms with Crippen molar-refractivity contribution in [2.75, 3.05) is 20.1 Å². The Balaban J connectivity index is 1.99. The van der Waals surface area contributed by atoms with Crippen LogP contribution in [0.5, 0.6) is 0 Å². The summed E-state index contributed by atoms with van der Waals surface area (Å²) in [6.07, 6.45) is 6.67. The summed E-state index contributed by atoms with van der Waals surface area (Å²) in [6.45, 7) is 3.25. The summed E-state index contributed by atoms with van der Waals surface area (Å²) in [5.74, 6) is -0.251. The fourth-order valence-corrected chi connectivity index (χ4v) is 3.66. The van der Waals surface area contributed by atoms with Crippen LogP contribution in [0, 0.1) is 11.8 Å². The molecule has 1 aliphatic carbocycles. The normalized spacial score (nSPS) is 27.6. The molecule has 1 saturated carbocycles. The number of amides is 2. The summed E-state index contributed by atoms with van der Waals surface area (Å²) < 4.78 is 0. The Kier molecular flexibility index (Phi) is 4.89. The van der Waals surface area contributed by atoms with Gasteiger partial charge in [0.05, 0.1) is 0 Å². The van der Waals surface area contributed by atoms with Crippen LogP contribution < -0.4 is 0 Å². The van der Waals surface area contributed by atoms with E-state index >= 15 is 0 Å². The fourth-order valence-electron chi connectivity index (χ4n) is 3.66. The molecule has 5 nitrogen and oxygen atoms in total. The zero-order valence-corrected chi connectivity index (χ0v) is 12.5. The summed E-state index contributed by atoms with van der Waals surface area (Å²) >= 11 is 0. The maximum absolute atomic E-state index is 12.5. The van der Waals surface area contributed by atoms with E-state index in [1.807, 2.05) is 6.92 Å². The Morgan fingerprint density at radius 1 is 1.20 bits per heavy atom. The third kappa shape index (κ3) is 3.25. The highest BCUT2D eigenvalue weighted by molar-refractivity contribution is 5.83. The van der Waals surface area contributed by atoms with E-state index in [-0.39, 0.29) is 11.9 Å². The number of carbonyl (C=O) groups excluding carboxylic acids is 1. The molecule has 0 aromatic carbocycles. The molecule has 2 aliphatic rings. The summed E-state index contributed by atoms with van der Waals surface area (Å²) in [5.41, 5.74) is 0. The van der Waals surface area contributed by atoms with Crippen molar-refractivity contribution >= 4 is 12.0 Å². The standard InChI is InChI=1S/C15H26N2O3/c1-11-6-5-9-17(13(11)14(18)19)15(20)16(2)10-12-7-3-4-8-12/h11-13H,3-10H2,1-2H3,(H,18,19). The molecule has 5 heteroatoms. The van der Waals surface area contributed by atoms with Gasteiger partial charge in [0, 0.05) is 20.1 Å². The minimum absolute atomic E-state index is 0.0325. The van der Waals surface area contributed by atoms with E-state index in [9.17, 15) is 14.7 Å². The maximum Gasteiger partial charge on any atom is 0.326 e. The van der Waals surface area contributed by atoms with Crippen LogP contribution in [0.15, 0.2) is 0 Å². The van der Waals surface area contributed by atoms with Gasteiger partial charge in [-0.05, 0) is 37.5 Å². The molecule has 0 radical (unpaired) electrons. The topological polar surface area (TPSA) is 60.9 Å². The van der Waals surface area contributed by atoms with Crippen molar-refractivity contribution in [2.45, 2.75) is 51.5 Å². The van der Waals surface area contributed by atoms with Gasteiger partial charge >= 0.3 is 12.0 Å². The van der Waals surface area contributed by atoms with Gasteiger partial charge in [0.2, 0.25) is 0 Å². The Bertz CT molecular complexity index is 366. The molecule has 2 fully saturated rings. The molecule has 1 N–H and O–H groups in total. The highest BCUT2D eigenvalue weighted by Gasteiger charge is 2.38. The lowest BCUT2D eigenvalue weighted by Gasteiger charge is -2.39. The number of aliphatic carboxylic acids is 1. The van der Waals surface area contributed by atoms with Crippen molar-refractivity contribution in [3.8, 4) is 0 Å². The molecule has 0 aromatic rings. The van der Waals surface area contributed by atoms with Crippen molar-refractivity contribution in [3.05, 3.63) is 0 Å². The monoisotopic (exact) mass is 282 g/mol. The Hall–Kier alpha value is -1.26. The van der Waals surface area contributed by atoms with Gasteiger partial charge in [0.15, 0.2) is 0 Å². The minimum Gasteiger partial charge on any atom is -0.480 e. The summed E-state index contributed by atoms with van der Waals surface area (Å²) in [5, 5.41) is 9.38. The average molecular weight is 282 g/mol. The zero-order chi connectivity index (χ0) is 14.7. The number of hydrogen-bond donors (Lipinski definition) is 1. The molecule has 1 heterocycles. The smallest absolute Gasteiger partial charge is 0.326 e. The summed E-state index contributed by atoms with van der Waals surface area (Å²) in [7, 11) is 1.80. The van der Waals surface area contributed by atoms with Crippen LogP contribution in [0.3, 0.4) is 0 Å². The number of carbonyl (C=O) groups is 2. The molecule has 0 aromatic heterocycles. The van der Waals surface area contributed by atoms with Gasteiger partial charge in [-0.1, -0.05) is 19.8 Å². The largest absolute Gasteiger partial charge is 0.480 e. The number of piperidine rings is 1. The second-order valence-corrected chi connectivity index (χ2v) is 6.41. The van der Waals surface area contributed by atoms with Crippen molar-refractivity contribution < 1.29 is 14.7 Å². The predicted molar refractivity (Wildman–Crippen MR) is 76.5 cm³/mol. The number of carboxylic acid groups (broad SMARTS) is 1. The number of nitrogens with zero attached hydrogens (tertiary/aromatic N) is 2. The molecule has 114 valence electrons. The molecule has 2 amide bonds. The summed E-state index contributed by atoms with van der Waals surface area (Å²) in [6, 6.07) is -0.780. The van der Waals surface area contributed by atoms with Gasteiger partial charge in [-0.3, -0.25) is 0 Å². The molecule has 2 rings (SSSR count). The molecular weight excluding hydrogens is 256 g/mol. The third-order valence-corrected chi connectivity index (χ3v) is 4.77. The zero-order valence-electron chi connectivity index (χ0n) is 12.5. The quantitative estimate of drug-likeness (QED) is 0.864. The molecule has 2 atom stereocenters. The Morgan fingerprint density at radius 3 is 2.45 bits per heavy atom. The first-order chi connectivity index (χ1) is 9.50. The van der Waals surface area contributed by atoms with Gasteiger partial charge in [0.25, 0.3) is 0 Å². The van der Waals surface area contributed by atoms with Gasteiger partial charge < -0.3 is 14.9 Å². The Labute approximate surface area is 120 Å². The van der Waals surface area contributed by atoms with Crippen molar-refractivity contribution in [1.82, 2.24) is 9.80 Å². The van der Waals surface area contributed by atoms with E-state index in [0.29, 0.717) is 12.5 Å². The fraction of sp³-hybridized carbons (Fsp3) is 0.867. The molecule has 0 bridgehead atoms. The second-order valence-electron chi connectivity index (χ2n) is 6.41. The highest BCUT2D eigenvalue weighted by Crippen LogP contribution is 2.27. The molecule has 1 saturated heterocycles. The van der Waals surface area contributed by atoms with Gasteiger partial charge in [0.1, 0.15) is 6.04 Å². The average Bonchev–Trinajstić information content (AvgIpc) is 2.89. The first-order valence-corrected chi connectivity index (χ1v) is 7.75. The molecular formula is C15H26N2O3. The molecule has 0 spiro atoms. The van der Waals surface area contributed by atoms with Crippen molar-refractivity contribution in [2.24, 2.45) is 11.8 Å². The van der Waals surface area contributed by atoms with Gasteiger partial charge in [-0.25, -0.2) is 9.59 Å². The van der Waals surface area contributed by atoms with E-state index < -0.39 is 12.0 Å². The third-order valence-electron chi connectivity index (χ3n) is 4.77. The van der Waals surface area contributed by atoms with E-state index in [4.69, 9.17) is 0 Å². The molecule has 1 aliphatic heterocycles. The van der Waals surface area contributed by atoms with E-state index in [2.05, 4.69) is 0 Å². The van der Waals surface area contributed by atoms with Crippen molar-refractivity contribution in [1.29, 1.82) is 0 Å². The first-order valence-electron chi connectivity index (χ1n) is 7.75. The minimum atomic E-state index is -0.875. The highest BCUT2D eigenvalue weighted by atomic mass is 16.4.